The molecule has 2 aromatic rings. The highest BCUT2D eigenvalue weighted by Crippen LogP contribution is 2.11. The van der Waals surface area contributed by atoms with Crippen molar-refractivity contribution in [2.75, 3.05) is 0 Å². The highest BCUT2D eigenvalue weighted by atomic mass is 16.4. The Morgan fingerprint density at radius 1 is 1.00 bits per heavy atom. The highest BCUT2D eigenvalue weighted by molar-refractivity contribution is 5.97. The van der Waals surface area contributed by atoms with Crippen LogP contribution in [0.15, 0.2) is 48.5 Å². The fraction of sp³-hybridized carbons (Fsp3) is 0.222. The van der Waals surface area contributed by atoms with Crippen LogP contribution in [-0.4, -0.2) is 22.9 Å². The third-order valence-electron chi connectivity index (χ3n) is 3.53. The molecule has 0 saturated heterocycles. The van der Waals surface area contributed by atoms with Crippen LogP contribution < -0.4 is 5.73 Å². The van der Waals surface area contributed by atoms with Crippen LogP contribution in [0.1, 0.15) is 27.0 Å². The molecule has 2 rings (SSSR count). The zero-order valence-corrected chi connectivity index (χ0v) is 12.5. The smallest absolute Gasteiger partial charge is 0.320 e. The van der Waals surface area contributed by atoms with Crippen LogP contribution in [0, 0.1) is 6.92 Å². The van der Waals surface area contributed by atoms with Gasteiger partial charge in [0.15, 0.2) is 5.78 Å². The first-order valence-electron chi connectivity index (χ1n) is 7.12. The number of ketones is 1. The molecule has 4 heteroatoms. The van der Waals surface area contributed by atoms with Gasteiger partial charge in [-0.1, -0.05) is 54.1 Å². The summed E-state index contributed by atoms with van der Waals surface area (Å²) in [5, 5.41) is 8.79. The number of carboxylic acids is 1. The van der Waals surface area contributed by atoms with Gasteiger partial charge >= 0.3 is 5.97 Å². The molecule has 0 radical (unpaired) electrons. The summed E-state index contributed by atoms with van der Waals surface area (Å²) in [5.41, 5.74) is 9.07. The first-order valence-corrected chi connectivity index (χ1v) is 7.12. The van der Waals surface area contributed by atoms with E-state index in [2.05, 4.69) is 0 Å². The molecular formula is C18H19NO3. The second-order valence-corrected chi connectivity index (χ2v) is 5.43. The average molecular weight is 297 g/mol. The van der Waals surface area contributed by atoms with Crippen molar-refractivity contribution in [3.8, 4) is 0 Å². The summed E-state index contributed by atoms with van der Waals surface area (Å²) < 4.78 is 0. The van der Waals surface area contributed by atoms with Crippen molar-refractivity contribution in [2.45, 2.75) is 25.8 Å². The SMILES string of the molecule is Cc1ccc(C(=O)Cc2ccc(C[C@@H](N)C(=O)O)cc2)cc1. The van der Waals surface area contributed by atoms with Crippen LogP contribution in [0.2, 0.25) is 0 Å². The molecule has 0 spiro atoms. The van der Waals surface area contributed by atoms with Crippen molar-refractivity contribution in [1.29, 1.82) is 0 Å². The van der Waals surface area contributed by atoms with Gasteiger partial charge in [0.2, 0.25) is 0 Å². The Labute approximate surface area is 129 Å². The predicted molar refractivity (Wildman–Crippen MR) is 85.0 cm³/mol. The Morgan fingerprint density at radius 2 is 1.55 bits per heavy atom. The van der Waals surface area contributed by atoms with E-state index < -0.39 is 12.0 Å². The summed E-state index contributed by atoms with van der Waals surface area (Å²) in [7, 11) is 0. The molecule has 2 aromatic carbocycles. The van der Waals surface area contributed by atoms with Gasteiger partial charge < -0.3 is 10.8 Å². The van der Waals surface area contributed by atoms with E-state index in [1.807, 2.05) is 55.5 Å². The molecule has 22 heavy (non-hydrogen) atoms. The highest BCUT2D eigenvalue weighted by Gasteiger charge is 2.12. The Kier molecular flexibility index (Phi) is 5.07. The fourth-order valence-electron chi connectivity index (χ4n) is 2.16. The Hall–Kier alpha value is -2.46. The van der Waals surface area contributed by atoms with Crippen LogP contribution in [0.3, 0.4) is 0 Å². The van der Waals surface area contributed by atoms with Crippen LogP contribution in [0.5, 0.6) is 0 Å². The molecular weight excluding hydrogens is 278 g/mol. The number of carboxylic acid groups (broad SMARTS) is 1. The monoisotopic (exact) mass is 297 g/mol. The number of carbonyl (C=O) groups is 2. The van der Waals surface area contributed by atoms with Crippen LogP contribution in [0.25, 0.3) is 0 Å². The number of hydrogen-bond donors (Lipinski definition) is 2. The Balaban J connectivity index is 2.00. The second kappa shape index (κ2) is 7.00. The lowest BCUT2D eigenvalue weighted by Gasteiger charge is -2.07. The molecule has 3 N–H and O–H groups in total. The number of Topliss-reactive ketones (excluding diaryl/α,β-unsaturated/α-hetero) is 1. The Morgan fingerprint density at radius 3 is 2.09 bits per heavy atom. The van der Waals surface area contributed by atoms with Gasteiger partial charge in [0, 0.05) is 12.0 Å². The maximum atomic E-state index is 12.2. The van der Waals surface area contributed by atoms with E-state index in [0.29, 0.717) is 12.0 Å². The van der Waals surface area contributed by atoms with Crippen LogP contribution in [0.4, 0.5) is 0 Å². The molecule has 0 saturated carbocycles. The van der Waals surface area contributed by atoms with E-state index in [9.17, 15) is 9.59 Å². The number of carbonyl (C=O) groups excluding carboxylic acids is 1. The maximum Gasteiger partial charge on any atom is 0.320 e. The van der Waals surface area contributed by atoms with Crippen molar-refractivity contribution in [2.24, 2.45) is 5.73 Å². The van der Waals surface area contributed by atoms with Gasteiger partial charge in [0.25, 0.3) is 0 Å². The third kappa shape index (κ3) is 4.27. The second-order valence-electron chi connectivity index (χ2n) is 5.43. The van der Waals surface area contributed by atoms with Gasteiger partial charge in [-0.3, -0.25) is 9.59 Å². The van der Waals surface area contributed by atoms with Gasteiger partial charge in [-0.2, -0.15) is 0 Å². The van der Waals surface area contributed by atoms with E-state index in [1.165, 1.54) is 0 Å². The van der Waals surface area contributed by atoms with Crippen LogP contribution in [-0.2, 0) is 17.6 Å². The van der Waals surface area contributed by atoms with E-state index in [0.717, 1.165) is 16.7 Å². The first kappa shape index (κ1) is 15.9. The predicted octanol–water partition coefficient (Wildman–Crippen LogP) is 2.37. The standard InChI is InChI=1S/C18H19NO3/c1-12-2-8-15(9-3-12)17(20)11-14-6-4-13(5-7-14)10-16(19)18(21)22/h2-9,16H,10-11,19H2,1H3,(H,21,22)/t16-/m1/s1. The van der Waals surface area contributed by atoms with E-state index in [-0.39, 0.29) is 12.2 Å². The summed E-state index contributed by atoms with van der Waals surface area (Å²) in [6.07, 6.45) is 0.607. The number of benzene rings is 2. The summed E-state index contributed by atoms with van der Waals surface area (Å²) >= 11 is 0. The summed E-state index contributed by atoms with van der Waals surface area (Å²) in [6, 6.07) is 13.9. The fourth-order valence-corrected chi connectivity index (χ4v) is 2.16. The summed E-state index contributed by atoms with van der Waals surface area (Å²) in [5.74, 6) is -0.950. The molecule has 0 amide bonds. The molecule has 0 fully saturated rings. The first-order chi connectivity index (χ1) is 10.5. The number of nitrogens with two attached hydrogens (primary N) is 1. The van der Waals surface area contributed by atoms with Crippen molar-refractivity contribution < 1.29 is 14.7 Å². The average Bonchev–Trinajstić information content (AvgIpc) is 2.49. The van der Waals surface area contributed by atoms with Crippen molar-refractivity contribution >= 4 is 11.8 Å². The minimum absolute atomic E-state index is 0.0648. The van der Waals surface area contributed by atoms with E-state index >= 15 is 0 Å². The molecule has 0 aliphatic heterocycles. The van der Waals surface area contributed by atoms with Crippen molar-refractivity contribution in [3.63, 3.8) is 0 Å². The lowest BCUT2D eigenvalue weighted by molar-refractivity contribution is -0.138. The molecule has 0 bridgehead atoms. The summed E-state index contributed by atoms with van der Waals surface area (Å²) in [4.78, 5) is 22.9. The third-order valence-corrected chi connectivity index (χ3v) is 3.53. The van der Waals surface area contributed by atoms with Crippen molar-refractivity contribution in [1.82, 2.24) is 0 Å². The minimum Gasteiger partial charge on any atom is -0.480 e. The Bertz CT molecular complexity index is 660. The van der Waals surface area contributed by atoms with E-state index in [4.69, 9.17) is 10.8 Å². The van der Waals surface area contributed by atoms with Gasteiger partial charge in [-0.25, -0.2) is 0 Å². The largest absolute Gasteiger partial charge is 0.480 e. The topological polar surface area (TPSA) is 80.4 Å². The number of aliphatic carboxylic acids is 1. The quantitative estimate of drug-likeness (QED) is 0.802. The molecule has 0 aliphatic rings. The van der Waals surface area contributed by atoms with Gasteiger partial charge in [-0.05, 0) is 24.5 Å². The lowest BCUT2D eigenvalue weighted by Crippen LogP contribution is -2.32. The summed E-state index contributed by atoms with van der Waals surface area (Å²) in [6.45, 7) is 1.98. The zero-order valence-electron chi connectivity index (χ0n) is 12.5. The number of hydrogen-bond acceptors (Lipinski definition) is 3. The molecule has 0 unspecified atom stereocenters. The molecule has 0 aromatic heterocycles. The number of rotatable bonds is 6. The van der Waals surface area contributed by atoms with Gasteiger partial charge in [0.1, 0.15) is 6.04 Å². The molecule has 114 valence electrons. The maximum absolute atomic E-state index is 12.2. The zero-order chi connectivity index (χ0) is 16.1. The normalized spacial score (nSPS) is 11.9. The van der Waals surface area contributed by atoms with Gasteiger partial charge in [0.05, 0.1) is 0 Å². The lowest BCUT2D eigenvalue weighted by atomic mass is 9.99. The van der Waals surface area contributed by atoms with Crippen LogP contribution >= 0.6 is 0 Å². The van der Waals surface area contributed by atoms with Crippen molar-refractivity contribution in [3.05, 3.63) is 70.8 Å². The minimum atomic E-state index is -1.02. The molecule has 0 aliphatic carbocycles. The molecule has 1 atom stereocenters. The molecule has 0 heterocycles. The van der Waals surface area contributed by atoms with E-state index in [1.54, 1.807) is 0 Å². The number of aryl methyl sites for hydroxylation is 1. The molecule has 4 nitrogen and oxygen atoms in total. The van der Waals surface area contributed by atoms with Gasteiger partial charge in [-0.15, -0.1) is 0 Å².